The molecule has 4 rings (SSSR count). The molecule has 0 spiro atoms. The van der Waals surface area contributed by atoms with E-state index in [1.165, 1.54) is 0 Å². The minimum absolute atomic E-state index is 0.136. The molecular weight excluding hydrogens is 542 g/mol. The van der Waals surface area contributed by atoms with Gasteiger partial charge in [0.1, 0.15) is 6.04 Å². The molecule has 0 fully saturated rings. The second-order valence-electron chi connectivity index (χ2n) is 11.8. The Kier molecular flexibility index (Phi) is 10.6. The molecule has 1 heterocycles. The number of β-amino-alcohol motifs (C(OH)–C–C–N with tert-alkyl or cyclic N) is 1. The van der Waals surface area contributed by atoms with Crippen LogP contribution in [0.3, 0.4) is 0 Å². The fraction of sp³-hybridized carbons (Fsp3) is 0.382. The van der Waals surface area contributed by atoms with Crippen molar-refractivity contribution in [2.24, 2.45) is 0 Å². The lowest BCUT2D eigenvalue weighted by Gasteiger charge is -2.29. The standard InChI is InChI=1S/C34H43N5O4/c1-23(40)20-37-34(2,3)19-31(41)38-29-18-17-26-9-6-8-12-30(26)39(32(29)42)22-24-13-15-25(16-14-24)28-11-7-5-10-27(28)21-36-33(43)35-4/h5-16,23,29,37,40H,17-22H2,1-4H3,(H,38,41)(H2,35,36,43)/t23-,29-/m1/s1. The van der Waals surface area contributed by atoms with Gasteiger partial charge >= 0.3 is 6.03 Å². The average Bonchev–Trinajstić information content (AvgIpc) is 3.11. The molecule has 0 unspecified atom stereocenters. The number of hydrogen-bond acceptors (Lipinski definition) is 5. The summed E-state index contributed by atoms with van der Waals surface area (Å²) in [6.07, 6.45) is 0.845. The van der Waals surface area contributed by atoms with Crippen molar-refractivity contribution in [3.63, 3.8) is 0 Å². The van der Waals surface area contributed by atoms with Crippen LogP contribution in [-0.2, 0) is 29.1 Å². The Balaban J connectivity index is 1.51. The molecule has 2 atom stereocenters. The van der Waals surface area contributed by atoms with Gasteiger partial charge in [0.25, 0.3) is 0 Å². The van der Waals surface area contributed by atoms with Crippen LogP contribution in [-0.4, -0.2) is 54.2 Å². The number of fused-ring (bicyclic) bond motifs is 1. The molecule has 0 aliphatic carbocycles. The maximum Gasteiger partial charge on any atom is 0.314 e. The first-order valence-corrected chi connectivity index (χ1v) is 14.8. The number of carbonyl (C=O) groups excluding carboxylic acids is 3. The molecule has 0 radical (unpaired) electrons. The van der Waals surface area contributed by atoms with Crippen LogP contribution in [0.15, 0.2) is 72.8 Å². The fourth-order valence-electron chi connectivity index (χ4n) is 5.34. The Morgan fingerprint density at radius 1 is 1.02 bits per heavy atom. The lowest BCUT2D eigenvalue weighted by atomic mass is 9.98. The summed E-state index contributed by atoms with van der Waals surface area (Å²) in [5.74, 6) is -0.344. The topological polar surface area (TPSA) is 123 Å². The number of nitrogens with zero attached hydrogens (tertiary/aromatic N) is 1. The molecule has 5 N–H and O–H groups in total. The maximum absolute atomic E-state index is 13.9. The number of amides is 4. The van der Waals surface area contributed by atoms with Gasteiger partial charge in [-0.25, -0.2) is 4.79 Å². The molecule has 1 aliphatic heterocycles. The number of para-hydroxylation sites is 1. The molecule has 4 amide bonds. The first-order valence-electron chi connectivity index (χ1n) is 14.8. The Labute approximate surface area is 254 Å². The predicted molar refractivity (Wildman–Crippen MR) is 169 cm³/mol. The number of urea groups is 1. The lowest BCUT2D eigenvalue weighted by molar-refractivity contribution is -0.128. The Morgan fingerprint density at radius 3 is 2.44 bits per heavy atom. The van der Waals surface area contributed by atoms with Crippen molar-refractivity contribution in [1.29, 1.82) is 0 Å². The van der Waals surface area contributed by atoms with Gasteiger partial charge in [-0.2, -0.15) is 0 Å². The van der Waals surface area contributed by atoms with Gasteiger partial charge in [-0.05, 0) is 67.5 Å². The zero-order valence-corrected chi connectivity index (χ0v) is 25.4. The van der Waals surface area contributed by atoms with Crippen molar-refractivity contribution >= 4 is 23.5 Å². The fourth-order valence-corrected chi connectivity index (χ4v) is 5.34. The Bertz CT molecular complexity index is 1420. The number of carbonyl (C=O) groups is 3. The van der Waals surface area contributed by atoms with Gasteiger partial charge in [0.2, 0.25) is 11.8 Å². The van der Waals surface area contributed by atoms with Crippen molar-refractivity contribution in [2.45, 2.75) is 70.8 Å². The highest BCUT2D eigenvalue weighted by molar-refractivity contribution is 6.00. The zero-order chi connectivity index (χ0) is 31.0. The molecule has 0 aromatic heterocycles. The van der Waals surface area contributed by atoms with Gasteiger partial charge in [0.15, 0.2) is 0 Å². The second kappa shape index (κ2) is 14.3. The average molecular weight is 586 g/mol. The number of hydrogen-bond donors (Lipinski definition) is 5. The van der Waals surface area contributed by atoms with Crippen LogP contribution < -0.4 is 26.2 Å². The van der Waals surface area contributed by atoms with Crippen molar-refractivity contribution in [3.05, 3.63) is 89.5 Å². The molecule has 1 aliphatic rings. The maximum atomic E-state index is 13.9. The number of rotatable bonds is 11. The number of aryl methyl sites for hydroxylation is 1. The summed E-state index contributed by atoms with van der Waals surface area (Å²) >= 11 is 0. The summed E-state index contributed by atoms with van der Waals surface area (Å²) in [5.41, 5.74) is 5.39. The normalized spacial score (nSPS) is 15.7. The van der Waals surface area contributed by atoms with Crippen LogP contribution in [0.2, 0.25) is 0 Å². The van der Waals surface area contributed by atoms with Gasteiger partial charge in [0, 0.05) is 37.8 Å². The van der Waals surface area contributed by atoms with Gasteiger partial charge < -0.3 is 31.3 Å². The summed E-state index contributed by atoms with van der Waals surface area (Å²) in [5, 5.41) is 21.2. The van der Waals surface area contributed by atoms with E-state index in [0.717, 1.165) is 33.5 Å². The molecule has 3 aromatic carbocycles. The summed E-state index contributed by atoms with van der Waals surface area (Å²) in [6.45, 7) is 6.66. The lowest BCUT2D eigenvalue weighted by Crippen LogP contribution is -2.51. The first-order chi connectivity index (χ1) is 20.6. The van der Waals surface area contributed by atoms with E-state index in [4.69, 9.17) is 0 Å². The SMILES string of the molecule is CNC(=O)NCc1ccccc1-c1ccc(CN2C(=O)[C@H](NC(=O)CC(C)(C)NC[C@@H](C)O)CCc3ccccc32)cc1. The monoisotopic (exact) mass is 585 g/mol. The van der Waals surface area contributed by atoms with Crippen molar-refractivity contribution in [1.82, 2.24) is 21.3 Å². The van der Waals surface area contributed by atoms with Crippen molar-refractivity contribution < 1.29 is 19.5 Å². The van der Waals surface area contributed by atoms with Crippen LogP contribution in [0.1, 0.15) is 50.3 Å². The minimum atomic E-state index is -0.647. The van der Waals surface area contributed by atoms with E-state index in [2.05, 4.69) is 21.3 Å². The van der Waals surface area contributed by atoms with E-state index < -0.39 is 17.7 Å². The Hall–Kier alpha value is -4.21. The van der Waals surface area contributed by atoms with Crippen molar-refractivity contribution in [2.75, 3.05) is 18.5 Å². The van der Waals surface area contributed by atoms with E-state index in [9.17, 15) is 19.5 Å². The van der Waals surface area contributed by atoms with Crippen LogP contribution in [0, 0.1) is 0 Å². The molecule has 9 heteroatoms. The third-order valence-corrected chi connectivity index (χ3v) is 7.65. The number of nitrogens with one attached hydrogen (secondary N) is 4. The third-order valence-electron chi connectivity index (χ3n) is 7.65. The van der Waals surface area contributed by atoms with Crippen LogP contribution in [0.25, 0.3) is 11.1 Å². The highest BCUT2D eigenvalue weighted by Crippen LogP contribution is 2.30. The number of benzene rings is 3. The molecule has 0 bridgehead atoms. The zero-order valence-electron chi connectivity index (χ0n) is 25.4. The quantitative estimate of drug-likeness (QED) is 0.234. The van der Waals surface area contributed by atoms with E-state index >= 15 is 0 Å². The minimum Gasteiger partial charge on any atom is -0.392 e. The number of anilines is 1. The van der Waals surface area contributed by atoms with Gasteiger partial charge in [-0.1, -0.05) is 66.7 Å². The summed E-state index contributed by atoms with van der Waals surface area (Å²) in [6, 6.07) is 23.1. The molecule has 0 saturated carbocycles. The summed E-state index contributed by atoms with van der Waals surface area (Å²) < 4.78 is 0. The first kappa shape index (κ1) is 31.7. The van der Waals surface area contributed by atoms with Gasteiger partial charge in [-0.15, -0.1) is 0 Å². The summed E-state index contributed by atoms with van der Waals surface area (Å²) in [7, 11) is 1.59. The van der Waals surface area contributed by atoms with Crippen LogP contribution >= 0.6 is 0 Å². The number of aliphatic hydroxyl groups excluding tert-OH is 1. The van der Waals surface area contributed by atoms with Crippen molar-refractivity contribution in [3.8, 4) is 11.1 Å². The Morgan fingerprint density at radius 2 is 1.72 bits per heavy atom. The molecular formula is C34H43N5O4. The van der Waals surface area contributed by atoms with Gasteiger partial charge in [-0.3, -0.25) is 9.59 Å². The highest BCUT2D eigenvalue weighted by Gasteiger charge is 2.32. The highest BCUT2D eigenvalue weighted by atomic mass is 16.3. The predicted octanol–water partition coefficient (Wildman–Crippen LogP) is 3.89. The van der Waals surface area contributed by atoms with E-state index in [1.807, 2.05) is 86.6 Å². The van der Waals surface area contributed by atoms with Gasteiger partial charge in [0.05, 0.1) is 12.6 Å². The molecule has 228 valence electrons. The molecule has 3 aromatic rings. The number of aliphatic hydroxyl groups is 1. The molecule has 43 heavy (non-hydrogen) atoms. The molecule has 9 nitrogen and oxygen atoms in total. The molecule has 0 saturated heterocycles. The summed E-state index contributed by atoms with van der Waals surface area (Å²) in [4.78, 5) is 40.5. The third kappa shape index (κ3) is 8.65. The van der Waals surface area contributed by atoms with E-state index in [0.29, 0.717) is 32.5 Å². The second-order valence-corrected chi connectivity index (χ2v) is 11.8. The van der Waals surface area contributed by atoms with E-state index in [1.54, 1.807) is 18.9 Å². The van der Waals surface area contributed by atoms with E-state index in [-0.39, 0.29) is 24.3 Å². The smallest absolute Gasteiger partial charge is 0.314 e. The van der Waals surface area contributed by atoms with Crippen LogP contribution in [0.4, 0.5) is 10.5 Å². The van der Waals surface area contributed by atoms with Crippen LogP contribution in [0.5, 0.6) is 0 Å². The largest absolute Gasteiger partial charge is 0.392 e.